The van der Waals surface area contributed by atoms with Gasteiger partial charge < -0.3 is 0 Å². The van der Waals surface area contributed by atoms with Crippen molar-refractivity contribution in [1.82, 2.24) is 0 Å². The molecule has 0 saturated heterocycles. The molecular weight excluding hydrogens is 231 g/mol. The van der Waals surface area contributed by atoms with Gasteiger partial charge in [-0.3, -0.25) is 0 Å². The number of rotatable bonds is 3. The third-order valence-electron chi connectivity index (χ3n) is 3.08. The fourth-order valence-corrected chi connectivity index (χ4v) is 3.28. The minimum absolute atomic E-state index is 0.0499. The van der Waals surface area contributed by atoms with E-state index in [0.717, 1.165) is 10.5 Å². The number of halogens is 1. The van der Waals surface area contributed by atoms with Gasteiger partial charge in [0.1, 0.15) is 0 Å². The first-order valence-electron chi connectivity index (χ1n) is 5.76. The van der Waals surface area contributed by atoms with Gasteiger partial charge in [0.2, 0.25) is 0 Å². The lowest BCUT2D eigenvalue weighted by atomic mass is 10.1. The van der Waals surface area contributed by atoms with Crippen molar-refractivity contribution in [3.05, 3.63) is 66.2 Å². The Morgan fingerprint density at radius 3 is 2.18 bits per heavy atom. The average Bonchev–Trinajstić information content (AvgIpc) is 3.03. The summed E-state index contributed by atoms with van der Waals surface area (Å²) in [6, 6.07) is 19.7. The van der Waals surface area contributed by atoms with Crippen molar-refractivity contribution in [2.75, 3.05) is 0 Å². The van der Waals surface area contributed by atoms with Gasteiger partial charge in [0.05, 0.1) is 0 Å². The molecule has 0 nitrogen and oxygen atoms in total. The summed E-state index contributed by atoms with van der Waals surface area (Å²) in [5, 5.41) is -1.11. The van der Waals surface area contributed by atoms with Crippen LogP contribution in [0.3, 0.4) is 0 Å². The van der Waals surface area contributed by atoms with Gasteiger partial charge in [-0.2, -0.15) is 0 Å². The van der Waals surface area contributed by atoms with E-state index in [-0.39, 0.29) is 5.92 Å². The molecular formula is C15H13FS. The molecule has 2 heteroatoms. The van der Waals surface area contributed by atoms with Crippen molar-refractivity contribution < 1.29 is 4.39 Å². The van der Waals surface area contributed by atoms with Gasteiger partial charge in [0, 0.05) is 17.2 Å². The fourth-order valence-electron chi connectivity index (χ4n) is 2.07. The molecule has 3 rings (SSSR count). The third kappa shape index (κ3) is 2.22. The molecule has 2 unspecified atom stereocenters. The molecule has 0 aromatic heterocycles. The van der Waals surface area contributed by atoms with Crippen LogP contribution in [-0.4, -0.2) is 5.00 Å². The summed E-state index contributed by atoms with van der Waals surface area (Å²) < 4.78 is 14.5. The Morgan fingerprint density at radius 2 is 1.53 bits per heavy atom. The van der Waals surface area contributed by atoms with Crippen LogP contribution in [0, 0.1) is 0 Å². The zero-order valence-corrected chi connectivity index (χ0v) is 10.2. The highest BCUT2D eigenvalue weighted by atomic mass is 32.2. The smallest absolute Gasteiger partial charge is 0.168 e. The molecule has 1 saturated carbocycles. The van der Waals surface area contributed by atoms with Gasteiger partial charge >= 0.3 is 0 Å². The van der Waals surface area contributed by atoms with Gasteiger partial charge in [0.25, 0.3) is 0 Å². The van der Waals surface area contributed by atoms with Gasteiger partial charge in [-0.15, -0.1) is 0 Å². The predicted molar refractivity (Wildman–Crippen MR) is 69.9 cm³/mol. The summed E-state index contributed by atoms with van der Waals surface area (Å²) in [5.41, 5.74) is 1.11. The molecule has 17 heavy (non-hydrogen) atoms. The topological polar surface area (TPSA) is 0 Å². The monoisotopic (exact) mass is 244 g/mol. The van der Waals surface area contributed by atoms with E-state index >= 15 is 0 Å². The standard InChI is InChI=1S/C15H13FS/c16-15(17-13-9-5-2-6-10-13)11-14(15)12-7-3-1-4-8-12/h1-10,14H,11H2. The first-order valence-corrected chi connectivity index (χ1v) is 6.57. The second-order valence-electron chi connectivity index (χ2n) is 4.37. The average molecular weight is 244 g/mol. The molecule has 0 radical (unpaired) electrons. The number of hydrogen-bond donors (Lipinski definition) is 0. The molecule has 2 aromatic rings. The van der Waals surface area contributed by atoms with E-state index in [0.29, 0.717) is 6.42 Å². The van der Waals surface area contributed by atoms with Crippen LogP contribution in [0.25, 0.3) is 0 Å². The molecule has 0 aliphatic heterocycles. The molecule has 2 atom stereocenters. The van der Waals surface area contributed by atoms with Crippen molar-refractivity contribution >= 4 is 11.8 Å². The molecule has 0 spiro atoms. The molecule has 2 aromatic carbocycles. The van der Waals surface area contributed by atoms with Crippen LogP contribution in [0.4, 0.5) is 4.39 Å². The van der Waals surface area contributed by atoms with E-state index in [9.17, 15) is 4.39 Å². The Kier molecular flexibility index (Phi) is 2.67. The lowest BCUT2D eigenvalue weighted by molar-refractivity contribution is 0.426. The van der Waals surface area contributed by atoms with E-state index in [2.05, 4.69) is 0 Å². The van der Waals surface area contributed by atoms with Gasteiger partial charge in [-0.25, -0.2) is 4.39 Å². The fraction of sp³-hybridized carbons (Fsp3) is 0.200. The van der Waals surface area contributed by atoms with Crippen molar-refractivity contribution in [2.45, 2.75) is 22.2 Å². The van der Waals surface area contributed by atoms with E-state index in [1.807, 2.05) is 60.7 Å². The molecule has 1 aliphatic rings. The number of thioether (sulfide) groups is 1. The van der Waals surface area contributed by atoms with Crippen LogP contribution in [0.1, 0.15) is 17.9 Å². The first kappa shape index (κ1) is 10.8. The summed E-state index contributed by atoms with van der Waals surface area (Å²) in [6.07, 6.45) is 0.622. The summed E-state index contributed by atoms with van der Waals surface area (Å²) in [7, 11) is 0. The normalized spacial score (nSPS) is 26.8. The second kappa shape index (κ2) is 4.19. The van der Waals surface area contributed by atoms with Crippen molar-refractivity contribution in [3.8, 4) is 0 Å². The number of hydrogen-bond acceptors (Lipinski definition) is 1. The summed E-state index contributed by atoms with van der Waals surface area (Å²) in [5.74, 6) is 0.0499. The largest absolute Gasteiger partial charge is 0.231 e. The highest BCUT2D eigenvalue weighted by Gasteiger charge is 2.57. The van der Waals surface area contributed by atoms with Crippen molar-refractivity contribution in [2.24, 2.45) is 0 Å². The first-order chi connectivity index (χ1) is 8.28. The molecule has 86 valence electrons. The Labute approximate surface area is 105 Å². The van der Waals surface area contributed by atoms with Crippen LogP contribution in [-0.2, 0) is 0 Å². The maximum atomic E-state index is 14.5. The van der Waals surface area contributed by atoms with Gasteiger partial charge in [0.15, 0.2) is 5.00 Å². The van der Waals surface area contributed by atoms with Crippen LogP contribution < -0.4 is 0 Å². The molecule has 1 fully saturated rings. The van der Waals surface area contributed by atoms with E-state index < -0.39 is 5.00 Å². The van der Waals surface area contributed by atoms with Crippen LogP contribution in [0.15, 0.2) is 65.6 Å². The zero-order chi connectivity index (χ0) is 11.7. The zero-order valence-electron chi connectivity index (χ0n) is 9.34. The van der Waals surface area contributed by atoms with Crippen LogP contribution >= 0.6 is 11.8 Å². The number of alkyl halides is 1. The lowest BCUT2D eigenvalue weighted by Gasteiger charge is -2.07. The van der Waals surface area contributed by atoms with E-state index in [4.69, 9.17) is 0 Å². The summed E-state index contributed by atoms with van der Waals surface area (Å²) in [4.78, 5) is 1.01. The maximum absolute atomic E-state index is 14.5. The molecule has 0 N–H and O–H groups in total. The summed E-state index contributed by atoms with van der Waals surface area (Å²) >= 11 is 1.35. The minimum atomic E-state index is -1.11. The Balaban J connectivity index is 1.74. The quantitative estimate of drug-likeness (QED) is 0.758. The van der Waals surface area contributed by atoms with Crippen LogP contribution in [0.2, 0.25) is 0 Å². The van der Waals surface area contributed by atoms with E-state index in [1.165, 1.54) is 11.8 Å². The highest BCUT2D eigenvalue weighted by Crippen LogP contribution is 2.63. The summed E-state index contributed by atoms with van der Waals surface area (Å²) in [6.45, 7) is 0. The Bertz CT molecular complexity index is 497. The highest BCUT2D eigenvalue weighted by molar-refractivity contribution is 8.00. The number of benzene rings is 2. The van der Waals surface area contributed by atoms with Crippen molar-refractivity contribution in [3.63, 3.8) is 0 Å². The van der Waals surface area contributed by atoms with Gasteiger partial charge in [-0.05, 0) is 17.7 Å². The van der Waals surface area contributed by atoms with Gasteiger partial charge in [-0.1, -0.05) is 60.3 Å². The Hall–Kier alpha value is -1.28. The van der Waals surface area contributed by atoms with Crippen LogP contribution in [0.5, 0.6) is 0 Å². The molecule has 0 bridgehead atoms. The molecule has 1 aliphatic carbocycles. The Morgan fingerprint density at radius 1 is 0.941 bits per heavy atom. The van der Waals surface area contributed by atoms with E-state index in [1.54, 1.807) is 0 Å². The molecule has 0 heterocycles. The lowest BCUT2D eigenvalue weighted by Crippen LogP contribution is -1.96. The van der Waals surface area contributed by atoms with Crippen molar-refractivity contribution in [1.29, 1.82) is 0 Å². The second-order valence-corrected chi connectivity index (χ2v) is 5.72. The SMILES string of the molecule is FC1(Sc2ccccc2)CC1c1ccccc1. The third-order valence-corrected chi connectivity index (χ3v) is 4.37. The molecule has 0 amide bonds. The maximum Gasteiger partial charge on any atom is 0.168 e. The predicted octanol–water partition coefficient (Wildman–Crippen LogP) is 4.63. The minimum Gasteiger partial charge on any atom is -0.231 e.